The van der Waals surface area contributed by atoms with E-state index in [4.69, 9.17) is 0 Å². The van der Waals surface area contributed by atoms with E-state index in [1.807, 2.05) is 0 Å². The van der Waals surface area contributed by atoms with Crippen molar-refractivity contribution in [2.24, 2.45) is 0 Å². The van der Waals surface area contributed by atoms with Gasteiger partial charge in [-0.15, -0.1) is 0 Å². The zero-order chi connectivity index (χ0) is 16.6. The smallest absolute Gasteiger partial charge is 0.166 e. The van der Waals surface area contributed by atoms with Gasteiger partial charge in [-0.2, -0.15) is 5.26 Å². The molecule has 2 aromatic rings. The molecule has 0 amide bonds. The van der Waals surface area contributed by atoms with E-state index in [1.165, 1.54) is 16.8 Å². The first-order chi connectivity index (χ1) is 11.7. The third-order valence-corrected chi connectivity index (χ3v) is 5.76. The Morgan fingerprint density at radius 2 is 1.88 bits per heavy atom. The second kappa shape index (κ2) is 5.96. The fourth-order valence-corrected chi connectivity index (χ4v) is 4.55. The number of nitrogens with zero attached hydrogens (tertiary/aromatic N) is 3. The van der Waals surface area contributed by atoms with Crippen LogP contribution in [0.4, 0.5) is 5.69 Å². The molecule has 2 aromatic carbocycles. The number of para-hydroxylation sites is 1. The van der Waals surface area contributed by atoms with Crippen LogP contribution in [0.2, 0.25) is 0 Å². The Morgan fingerprint density at radius 3 is 2.67 bits per heavy atom. The monoisotopic (exact) mass is 318 g/mol. The fourth-order valence-electron chi connectivity index (χ4n) is 4.55. The predicted molar refractivity (Wildman–Crippen MR) is 96.6 cm³/mol. The van der Waals surface area contributed by atoms with Crippen molar-refractivity contribution < 1.29 is 4.48 Å². The van der Waals surface area contributed by atoms with Crippen molar-refractivity contribution in [3.8, 4) is 6.07 Å². The van der Waals surface area contributed by atoms with E-state index in [0.717, 1.165) is 30.5 Å². The SMILES string of the molecule is C[N+]1(CC#N)CCC2C(C1)c1ccccc1N2Cc1ccccc1. The van der Waals surface area contributed by atoms with Gasteiger partial charge in [-0.3, -0.25) is 0 Å². The molecular weight excluding hydrogens is 294 g/mol. The van der Waals surface area contributed by atoms with Crippen molar-refractivity contribution in [2.45, 2.75) is 24.9 Å². The lowest BCUT2D eigenvalue weighted by Crippen LogP contribution is -2.56. The Kier molecular flexibility index (Phi) is 3.78. The second-order valence-electron chi connectivity index (χ2n) is 7.48. The maximum atomic E-state index is 9.19. The molecule has 3 heteroatoms. The molecule has 3 atom stereocenters. The number of likely N-dealkylation sites (N-methyl/N-ethyl adjacent to an activating group) is 1. The van der Waals surface area contributed by atoms with Crippen LogP contribution in [0.15, 0.2) is 54.6 Å². The van der Waals surface area contributed by atoms with Crippen LogP contribution in [0.5, 0.6) is 0 Å². The predicted octanol–water partition coefficient (Wildman–Crippen LogP) is 3.53. The summed E-state index contributed by atoms with van der Waals surface area (Å²) < 4.78 is 0.880. The van der Waals surface area contributed by atoms with Crippen molar-refractivity contribution in [1.82, 2.24) is 0 Å². The van der Waals surface area contributed by atoms with Gasteiger partial charge >= 0.3 is 0 Å². The molecule has 3 nitrogen and oxygen atoms in total. The van der Waals surface area contributed by atoms with Crippen LogP contribution in [0.3, 0.4) is 0 Å². The van der Waals surface area contributed by atoms with Crippen molar-refractivity contribution in [2.75, 3.05) is 31.6 Å². The quantitative estimate of drug-likeness (QED) is 0.639. The largest absolute Gasteiger partial charge is 0.363 e. The number of likely N-dealkylation sites (tertiary alicyclic amines) is 1. The molecule has 0 N–H and O–H groups in total. The Labute approximate surface area is 144 Å². The molecule has 2 heterocycles. The van der Waals surface area contributed by atoms with Gasteiger partial charge in [-0.05, 0) is 17.2 Å². The van der Waals surface area contributed by atoms with Crippen LogP contribution in [-0.4, -0.2) is 37.2 Å². The number of piperidine rings is 1. The molecule has 0 radical (unpaired) electrons. The summed E-state index contributed by atoms with van der Waals surface area (Å²) in [5, 5.41) is 9.19. The summed E-state index contributed by atoms with van der Waals surface area (Å²) in [5.41, 5.74) is 4.23. The number of hydrogen-bond acceptors (Lipinski definition) is 2. The summed E-state index contributed by atoms with van der Waals surface area (Å²) in [7, 11) is 2.24. The van der Waals surface area contributed by atoms with Gasteiger partial charge < -0.3 is 9.38 Å². The highest BCUT2D eigenvalue weighted by molar-refractivity contribution is 5.62. The van der Waals surface area contributed by atoms with Gasteiger partial charge in [0.2, 0.25) is 0 Å². The van der Waals surface area contributed by atoms with Gasteiger partial charge in [0.1, 0.15) is 6.07 Å². The van der Waals surface area contributed by atoms with Crippen molar-refractivity contribution >= 4 is 5.69 Å². The van der Waals surface area contributed by atoms with E-state index in [0.29, 0.717) is 18.5 Å². The normalized spacial score (nSPS) is 28.1. The first kappa shape index (κ1) is 15.2. The standard InChI is InChI=1S/C21H24N3/c1-24(14-12-22)13-11-21-19(16-24)18-9-5-6-10-20(18)23(21)15-17-7-3-2-4-8-17/h2-10,19,21H,11,13-16H2,1H3/q+1. The van der Waals surface area contributed by atoms with E-state index < -0.39 is 0 Å². The van der Waals surface area contributed by atoms with Crippen molar-refractivity contribution in [3.05, 3.63) is 65.7 Å². The first-order valence-electron chi connectivity index (χ1n) is 8.80. The molecule has 0 aromatic heterocycles. The Hall–Kier alpha value is -2.31. The molecule has 2 aliphatic heterocycles. The third-order valence-electron chi connectivity index (χ3n) is 5.76. The van der Waals surface area contributed by atoms with Gasteiger partial charge in [0, 0.05) is 24.7 Å². The van der Waals surface area contributed by atoms with Crippen LogP contribution in [0.25, 0.3) is 0 Å². The van der Waals surface area contributed by atoms with Crippen LogP contribution >= 0.6 is 0 Å². The lowest BCUT2D eigenvalue weighted by molar-refractivity contribution is -0.908. The molecule has 1 saturated heterocycles. The molecule has 0 aliphatic carbocycles. The lowest BCUT2D eigenvalue weighted by Gasteiger charge is -2.43. The molecule has 0 spiro atoms. The summed E-state index contributed by atoms with van der Waals surface area (Å²) in [4.78, 5) is 2.60. The number of quaternary nitrogens is 1. The third kappa shape index (κ3) is 2.57. The minimum absolute atomic E-state index is 0.539. The van der Waals surface area contributed by atoms with Gasteiger partial charge in [0.25, 0.3) is 0 Å². The highest BCUT2D eigenvalue weighted by Crippen LogP contribution is 2.46. The number of hydrogen-bond donors (Lipinski definition) is 0. The van der Waals surface area contributed by atoms with Crippen LogP contribution in [-0.2, 0) is 6.54 Å². The summed E-state index contributed by atoms with van der Waals surface area (Å²) >= 11 is 0. The summed E-state index contributed by atoms with van der Waals surface area (Å²) in [6.07, 6.45) is 1.16. The minimum Gasteiger partial charge on any atom is -0.363 e. The average molecular weight is 318 g/mol. The first-order valence-corrected chi connectivity index (χ1v) is 8.80. The number of fused-ring (bicyclic) bond motifs is 3. The molecular formula is C21H24N3+. The highest BCUT2D eigenvalue weighted by Gasteiger charge is 2.46. The maximum Gasteiger partial charge on any atom is 0.166 e. The summed E-state index contributed by atoms with van der Waals surface area (Å²) in [6, 6.07) is 22.6. The highest BCUT2D eigenvalue weighted by atomic mass is 15.4. The zero-order valence-corrected chi connectivity index (χ0v) is 14.2. The number of benzene rings is 2. The van der Waals surface area contributed by atoms with Gasteiger partial charge in [-0.25, -0.2) is 0 Å². The Balaban J connectivity index is 1.67. The molecule has 0 saturated carbocycles. The number of rotatable bonds is 3. The average Bonchev–Trinajstić information content (AvgIpc) is 2.89. The lowest BCUT2D eigenvalue weighted by atomic mass is 9.87. The minimum atomic E-state index is 0.539. The molecule has 3 unspecified atom stereocenters. The second-order valence-corrected chi connectivity index (χ2v) is 7.48. The van der Waals surface area contributed by atoms with E-state index >= 15 is 0 Å². The summed E-state index contributed by atoms with van der Waals surface area (Å²) in [5.74, 6) is 0.539. The Morgan fingerprint density at radius 1 is 1.12 bits per heavy atom. The van der Waals surface area contributed by atoms with Gasteiger partial charge in [-0.1, -0.05) is 48.5 Å². The number of anilines is 1. The number of nitriles is 1. The molecule has 2 aliphatic rings. The van der Waals surface area contributed by atoms with Crippen molar-refractivity contribution in [1.29, 1.82) is 5.26 Å². The maximum absolute atomic E-state index is 9.19. The molecule has 4 rings (SSSR count). The van der Waals surface area contributed by atoms with E-state index in [1.54, 1.807) is 0 Å². The molecule has 24 heavy (non-hydrogen) atoms. The van der Waals surface area contributed by atoms with E-state index in [2.05, 4.69) is 72.6 Å². The topological polar surface area (TPSA) is 27.0 Å². The van der Waals surface area contributed by atoms with Crippen LogP contribution < -0.4 is 4.90 Å². The zero-order valence-electron chi connectivity index (χ0n) is 14.2. The van der Waals surface area contributed by atoms with E-state index in [-0.39, 0.29) is 0 Å². The van der Waals surface area contributed by atoms with Crippen molar-refractivity contribution in [3.63, 3.8) is 0 Å². The molecule has 1 fully saturated rings. The summed E-state index contributed by atoms with van der Waals surface area (Å²) in [6.45, 7) is 3.75. The van der Waals surface area contributed by atoms with Gasteiger partial charge in [0.15, 0.2) is 6.54 Å². The molecule has 122 valence electrons. The van der Waals surface area contributed by atoms with Crippen LogP contribution in [0, 0.1) is 11.3 Å². The van der Waals surface area contributed by atoms with Crippen LogP contribution in [0.1, 0.15) is 23.5 Å². The molecule has 0 bridgehead atoms. The van der Waals surface area contributed by atoms with E-state index in [9.17, 15) is 5.26 Å². The Bertz CT molecular complexity index is 764. The van der Waals surface area contributed by atoms with Gasteiger partial charge in [0.05, 0.1) is 26.1 Å². The fraction of sp³-hybridized carbons (Fsp3) is 0.381.